The first-order chi connectivity index (χ1) is 23.8. The van der Waals surface area contributed by atoms with Crippen LogP contribution in [0.2, 0.25) is 5.02 Å². The number of carbonyl (C=O) groups excluding carboxylic acids is 1. The molecule has 0 spiro atoms. The summed E-state index contributed by atoms with van der Waals surface area (Å²) >= 11 is 7.60. The van der Waals surface area contributed by atoms with Gasteiger partial charge < -0.3 is 18.9 Å². The minimum atomic E-state index is -0.904. The number of aromatic nitrogens is 1. The maximum absolute atomic E-state index is 14.4. The Morgan fingerprint density at radius 1 is 0.980 bits per heavy atom. The molecule has 2 heterocycles. The first kappa shape index (κ1) is 33.3. The number of methoxy groups -OCH3 is 2. The van der Waals surface area contributed by atoms with Crippen molar-refractivity contribution in [3.63, 3.8) is 0 Å². The van der Waals surface area contributed by atoms with E-state index in [1.54, 1.807) is 61.5 Å². The van der Waals surface area contributed by atoms with Crippen LogP contribution < -0.4 is 29.1 Å². The fraction of sp³-hybridized carbons (Fsp3) is 0.158. The van der Waals surface area contributed by atoms with Gasteiger partial charge in [0.1, 0.15) is 12.4 Å². The minimum Gasteiger partial charge on any atom is -0.493 e. The normalized spacial score (nSPS) is 14.0. The Labute approximate surface area is 291 Å². The summed E-state index contributed by atoms with van der Waals surface area (Å²) in [4.78, 5) is 33.5. The number of benzene rings is 4. The van der Waals surface area contributed by atoms with Crippen LogP contribution >= 0.6 is 22.9 Å². The Morgan fingerprint density at radius 3 is 2.41 bits per heavy atom. The standard InChI is InChI=1S/C38H30ClN3O6S/c1-4-47-37(44)33-34(25-8-6-5-7-9-25)41-38-42(35(33)26-14-16-30(45-2)31(19-26)46-3)36(43)32(49-38)20-27-18-28(39)15-17-29(27)48-22-24-12-10-23(21-40)11-13-24/h5-20,35H,4,22H2,1-3H3/t35-/m1/s1. The SMILES string of the molecule is CCOC(=O)C1=C(c2ccccc2)N=c2sc(=Cc3cc(Cl)ccc3OCc3ccc(C#N)cc3)c(=O)n2[C@@H]1c1ccc(OC)c(OC)c1. The number of esters is 1. The summed E-state index contributed by atoms with van der Waals surface area (Å²) in [6, 6.07) is 28.1. The molecule has 49 heavy (non-hydrogen) atoms. The number of ether oxygens (including phenoxy) is 4. The van der Waals surface area contributed by atoms with E-state index in [2.05, 4.69) is 6.07 Å². The molecule has 0 saturated heterocycles. The number of nitrogens with zero attached hydrogens (tertiary/aromatic N) is 3. The number of rotatable bonds is 10. The molecule has 5 aromatic rings. The fourth-order valence-electron chi connectivity index (χ4n) is 5.52. The molecule has 4 aromatic carbocycles. The van der Waals surface area contributed by atoms with Gasteiger partial charge in [-0.2, -0.15) is 5.26 Å². The molecule has 0 saturated carbocycles. The fourth-order valence-corrected chi connectivity index (χ4v) is 6.69. The van der Waals surface area contributed by atoms with Gasteiger partial charge in [0.05, 0.1) is 54.3 Å². The lowest BCUT2D eigenvalue weighted by molar-refractivity contribution is -0.138. The molecule has 1 atom stereocenters. The number of hydrogen-bond acceptors (Lipinski definition) is 9. The number of fused-ring (bicyclic) bond motifs is 1. The smallest absolute Gasteiger partial charge is 0.338 e. The molecule has 0 bridgehead atoms. The molecule has 0 amide bonds. The maximum atomic E-state index is 14.4. The van der Waals surface area contributed by atoms with Gasteiger partial charge in [-0.15, -0.1) is 0 Å². The van der Waals surface area contributed by atoms with Crippen molar-refractivity contribution in [2.75, 3.05) is 20.8 Å². The average molecular weight is 692 g/mol. The molecule has 0 fully saturated rings. The van der Waals surface area contributed by atoms with Gasteiger partial charge in [0.25, 0.3) is 5.56 Å². The van der Waals surface area contributed by atoms with Gasteiger partial charge in [-0.1, -0.05) is 71.5 Å². The van der Waals surface area contributed by atoms with E-state index < -0.39 is 12.0 Å². The number of halogens is 1. The molecule has 0 radical (unpaired) electrons. The maximum Gasteiger partial charge on any atom is 0.338 e. The molecule has 0 aliphatic carbocycles. The predicted molar refractivity (Wildman–Crippen MR) is 188 cm³/mol. The molecule has 9 nitrogen and oxygen atoms in total. The lowest BCUT2D eigenvalue weighted by Crippen LogP contribution is -2.40. The Morgan fingerprint density at radius 2 is 1.71 bits per heavy atom. The van der Waals surface area contributed by atoms with E-state index in [0.717, 1.165) is 5.56 Å². The zero-order chi connectivity index (χ0) is 34.5. The molecule has 1 aliphatic rings. The third kappa shape index (κ3) is 6.85. The van der Waals surface area contributed by atoms with E-state index in [0.29, 0.717) is 59.6 Å². The van der Waals surface area contributed by atoms with Crippen LogP contribution in [0.15, 0.2) is 106 Å². The van der Waals surface area contributed by atoms with Crippen LogP contribution in [0.25, 0.3) is 11.8 Å². The second-order valence-electron chi connectivity index (χ2n) is 10.8. The van der Waals surface area contributed by atoms with Gasteiger partial charge in [-0.05, 0) is 66.6 Å². The van der Waals surface area contributed by atoms with Crippen molar-refractivity contribution in [2.45, 2.75) is 19.6 Å². The van der Waals surface area contributed by atoms with Crippen molar-refractivity contribution < 1.29 is 23.7 Å². The van der Waals surface area contributed by atoms with E-state index in [1.807, 2.05) is 42.5 Å². The van der Waals surface area contributed by atoms with Crippen molar-refractivity contribution in [3.8, 4) is 23.3 Å². The molecule has 1 aromatic heterocycles. The molecule has 0 N–H and O–H groups in total. The highest BCUT2D eigenvalue weighted by molar-refractivity contribution is 7.07. The van der Waals surface area contributed by atoms with Gasteiger partial charge in [-0.3, -0.25) is 9.36 Å². The number of thiazole rings is 1. The second-order valence-corrected chi connectivity index (χ2v) is 12.3. The van der Waals surface area contributed by atoms with Gasteiger partial charge in [0.2, 0.25) is 0 Å². The summed E-state index contributed by atoms with van der Waals surface area (Å²) < 4.78 is 24.7. The van der Waals surface area contributed by atoms with Crippen molar-refractivity contribution >= 4 is 40.7 Å². The molecular formula is C38H30ClN3O6S. The highest BCUT2D eigenvalue weighted by Crippen LogP contribution is 2.38. The van der Waals surface area contributed by atoms with Crippen LogP contribution in [0.5, 0.6) is 17.2 Å². The summed E-state index contributed by atoms with van der Waals surface area (Å²) in [7, 11) is 3.06. The van der Waals surface area contributed by atoms with Gasteiger partial charge in [-0.25, -0.2) is 9.79 Å². The van der Waals surface area contributed by atoms with Crippen molar-refractivity contribution in [1.29, 1.82) is 5.26 Å². The quantitative estimate of drug-likeness (QED) is 0.164. The second kappa shape index (κ2) is 14.6. The van der Waals surface area contributed by atoms with Crippen LogP contribution in [-0.2, 0) is 16.1 Å². The Balaban J connectivity index is 1.54. The van der Waals surface area contributed by atoms with E-state index in [-0.39, 0.29) is 24.3 Å². The number of carbonyl (C=O) groups is 1. The van der Waals surface area contributed by atoms with Crippen LogP contribution in [0.4, 0.5) is 0 Å². The highest BCUT2D eigenvalue weighted by Gasteiger charge is 2.35. The number of nitriles is 1. The third-order valence-electron chi connectivity index (χ3n) is 7.83. The lowest BCUT2D eigenvalue weighted by Gasteiger charge is -2.26. The summed E-state index contributed by atoms with van der Waals surface area (Å²) in [6.45, 7) is 2.10. The Kier molecular flexibility index (Phi) is 9.95. The van der Waals surface area contributed by atoms with Crippen LogP contribution in [0.1, 0.15) is 40.8 Å². The topological polar surface area (TPSA) is 112 Å². The Bertz CT molecular complexity index is 2290. The monoisotopic (exact) mass is 691 g/mol. The largest absolute Gasteiger partial charge is 0.493 e. The average Bonchev–Trinajstić information content (AvgIpc) is 3.44. The molecule has 0 unspecified atom stereocenters. The van der Waals surface area contributed by atoms with Gasteiger partial charge >= 0.3 is 5.97 Å². The van der Waals surface area contributed by atoms with E-state index in [1.165, 1.54) is 30.1 Å². The third-order valence-corrected chi connectivity index (χ3v) is 9.05. The lowest BCUT2D eigenvalue weighted by atomic mass is 9.93. The predicted octanol–water partition coefficient (Wildman–Crippen LogP) is 6.06. The minimum absolute atomic E-state index is 0.132. The van der Waals surface area contributed by atoms with Crippen LogP contribution in [-0.4, -0.2) is 31.4 Å². The molecule has 246 valence electrons. The van der Waals surface area contributed by atoms with Crippen molar-refractivity contribution in [3.05, 3.63) is 149 Å². The molecule has 1 aliphatic heterocycles. The summed E-state index contributed by atoms with van der Waals surface area (Å²) in [6.07, 6.45) is 1.71. The van der Waals surface area contributed by atoms with Gasteiger partial charge in [0.15, 0.2) is 16.3 Å². The first-order valence-corrected chi connectivity index (χ1v) is 16.5. The van der Waals surface area contributed by atoms with E-state index >= 15 is 0 Å². The Hall–Kier alpha value is -5.63. The summed E-state index contributed by atoms with van der Waals surface area (Å²) in [5.74, 6) is 0.852. The van der Waals surface area contributed by atoms with Crippen molar-refractivity contribution in [2.24, 2.45) is 4.99 Å². The summed E-state index contributed by atoms with van der Waals surface area (Å²) in [5, 5.41) is 9.58. The van der Waals surface area contributed by atoms with E-state index in [9.17, 15) is 9.59 Å². The molecule has 6 rings (SSSR count). The number of hydrogen-bond donors (Lipinski definition) is 0. The zero-order valence-corrected chi connectivity index (χ0v) is 28.4. The molecule has 11 heteroatoms. The van der Waals surface area contributed by atoms with Crippen LogP contribution in [0, 0.1) is 11.3 Å². The summed E-state index contributed by atoms with van der Waals surface area (Å²) in [5.41, 5.74) is 3.56. The highest BCUT2D eigenvalue weighted by atomic mass is 35.5. The van der Waals surface area contributed by atoms with E-state index in [4.69, 9.17) is 40.8 Å². The molecular weight excluding hydrogens is 662 g/mol. The van der Waals surface area contributed by atoms with Crippen molar-refractivity contribution in [1.82, 2.24) is 4.57 Å². The zero-order valence-electron chi connectivity index (χ0n) is 26.8. The van der Waals surface area contributed by atoms with Gasteiger partial charge in [0, 0.05) is 16.1 Å². The van der Waals surface area contributed by atoms with Crippen LogP contribution in [0.3, 0.4) is 0 Å². The first-order valence-electron chi connectivity index (χ1n) is 15.3.